The topological polar surface area (TPSA) is 88.3 Å². The van der Waals surface area contributed by atoms with E-state index < -0.39 is 10.5 Å². The molecule has 0 saturated carbocycles. The van der Waals surface area contributed by atoms with Crippen LogP contribution in [0, 0.1) is 10.1 Å². The summed E-state index contributed by atoms with van der Waals surface area (Å²) in [5.41, 5.74) is 0.300. The van der Waals surface area contributed by atoms with E-state index in [1.807, 2.05) is 6.07 Å². The molecule has 2 rings (SSSR count). The minimum Gasteiger partial charge on any atom is -0.394 e. The van der Waals surface area contributed by atoms with Crippen LogP contribution in [0.25, 0.3) is 10.9 Å². The molecular formula is C13H15N3O3. The van der Waals surface area contributed by atoms with Crippen molar-refractivity contribution in [1.82, 2.24) is 4.98 Å². The highest BCUT2D eigenvalue weighted by molar-refractivity contribution is 5.95. The van der Waals surface area contributed by atoms with Crippen molar-refractivity contribution in [2.75, 3.05) is 11.9 Å². The second-order valence-electron chi connectivity index (χ2n) is 4.96. The second kappa shape index (κ2) is 4.81. The Morgan fingerprint density at radius 1 is 1.42 bits per heavy atom. The molecule has 6 heteroatoms. The van der Waals surface area contributed by atoms with Gasteiger partial charge in [-0.1, -0.05) is 18.2 Å². The number of nitrogens with zero attached hydrogens (tertiary/aromatic N) is 2. The molecule has 0 aliphatic heterocycles. The van der Waals surface area contributed by atoms with Crippen LogP contribution in [0.2, 0.25) is 0 Å². The number of nitro groups is 1. The van der Waals surface area contributed by atoms with Gasteiger partial charge < -0.3 is 10.4 Å². The van der Waals surface area contributed by atoms with Crippen LogP contribution in [0.15, 0.2) is 30.5 Å². The second-order valence-corrected chi connectivity index (χ2v) is 4.96. The fourth-order valence-corrected chi connectivity index (χ4v) is 1.78. The lowest BCUT2D eigenvalue weighted by Gasteiger charge is -2.25. The summed E-state index contributed by atoms with van der Waals surface area (Å²) in [6.07, 6.45) is 1.23. The summed E-state index contributed by atoms with van der Waals surface area (Å²) in [5.74, 6) is 0. The molecule has 19 heavy (non-hydrogen) atoms. The zero-order valence-electron chi connectivity index (χ0n) is 10.8. The molecule has 0 aliphatic carbocycles. The number of anilines is 1. The fraction of sp³-hybridized carbons (Fsp3) is 0.308. The average Bonchev–Trinajstić information content (AvgIpc) is 2.38. The van der Waals surface area contributed by atoms with E-state index >= 15 is 0 Å². The third-order valence-electron chi connectivity index (χ3n) is 2.81. The molecule has 1 heterocycles. The molecule has 1 aromatic carbocycles. The van der Waals surface area contributed by atoms with Gasteiger partial charge in [0.15, 0.2) is 0 Å². The quantitative estimate of drug-likeness (QED) is 0.651. The Morgan fingerprint density at radius 2 is 2.11 bits per heavy atom. The Labute approximate surface area is 110 Å². The number of aliphatic hydroxyl groups excluding tert-OH is 1. The first-order chi connectivity index (χ1) is 8.94. The lowest BCUT2D eigenvalue weighted by atomic mass is 10.0. The predicted molar refractivity (Wildman–Crippen MR) is 73.2 cm³/mol. The summed E-state index contributed by atoms with van der Waals surface area (Å²) < 4.78 is 0. The Hall–Kier alpha value is -2.21. The van der Waals surface area contributed by atoms with Crippen molar-refractivity contribution >= 4 is 22.3 Å². The van der Waals surface area contributed by atoms with Crippen LogP contribution in [0.1, 0.15) is 13.8 Å². The molecule has 0 amide bonds. The van der Waals surface area contributed by atoms with Crippen molar-refractivity contribution in [2.24, 2.45) is 0 Å². The minimum atomic E-state index is -0.658. The van der Waals surface area contributed by atoms with Crippen molar-refractivity contribution in [3.8, 4) is 0 Å². The van der Waals surface area contributed by atoms with E-state index in [1.54, 1.807) is 32.0 Å². The first-order valence-corrected chi connectivity index (χ1v) is 5.86. The van der Waals surface area contributed by atoms with Crippen molar-refractivity contribution < 1.29 is 10.0 Å². The van der Waals surface area contributed by atoms with Gasteiger partial charge in [-0.2, -0.15) is 0 Å². The number of pyridine rings is 1. The van der Waals surface area contributed by atoms with Gasteiger partial charge in [0.1, 0.15) is 11.9 Å². The predicted octanol–water partition coefficient (Wildman–Crippen LogP) is 2.33. The minimum absolute atomic E-state index is 0.0970. The number of rotatable bonds is 4. The highest BCUT2D eigenvalue weighted by Gasteiger charge is 2.24. The summed E-state index contributed by atoms with van der Waals surface area (Å²) in [7, 11) is 0. The lowest BCUT2D eigenvalue weighted by Crippen LogP contribution is -2.35. The van der Waals surface area contributed by atoms with Crippen molar-refractivity contribution in [2.45, 2.75) is 19.4 Å². The molecule has 0 atom stereocenters. The number of hydrogen-bond donors (Lipinski definition) is 2. The van der Waals surface area contributed by atoms with E-state index in [2.05, 4.69) is 10.3 Å². The number of para-hydroxylation sites is 1. The molecule has 0 aliphatic rings. The third kappa shape index (κ3) is 2.63. The molecule has 2 N–H and O–H groups in total. The number of nitrogens with one attached hydrogen (secondary N) is 1. The molecule has 0 spiro atoms. The maximum absolute atomic E-state index is 11.1. The number of benzene rings is 1. The molecular weight excluding hydrogens is 246 g/mol. The van der Waals surface area contributed by atoms with Crippen LogP contribution in [-0.4, -0.2) is 27.2 Å². The zero-order chi connectivity index (χ0) is 14.0. The zero-order valence-corrected chi connectivity index (χ0v) is 10.8. The smallest absolute Gasteiger partial charge is 0.311 e. The third-order valence-corrected chi connectivity index (χ3v) is 2.81. The average molecular weight is 261 g/mol. The van der Waals surface area contributed by atoms with Crippen molar-refractivity contribution in [3.05, 3.63) is 40.6 Å². The highest BCUT2D eigenvalue weighted by atomic mass is 16.6. The molecule has 0 bridgehead atoms. The number of aliphatic hydroxyl groups is 1. The Balaban J connectivity index is 2.66. The molecule has 0 radical (unpaired) electrons. The van der Waals surface area contributed by atoms with Gasteiger partial charge in [-0.25, -0.2) is 4.98 Å². The summed E-state index contributed by atoms with van der Waals surface area (Å²) >= 11 is 0. The van der Waals surface area contributed by atoms with Crippen LogP contribution in [0.4, 0.5) is 11.4 Å². The Bertz CT molecular complexity index is 626. The van der Waals surface area contributed by atoms with E-state index in [4.69, 9.17) is 0 Å². The SMILES string of the molecule is CC(C)(CO)Nc1c([N+](=O)[O-])cnc2ccccc12. The van der Waals surface area contributed by atoms with E-state index in [0.717, 1.165) is 0 Å². The normalized spacial score (nSPS) is 11.5. The van der Waals surface area contributed by atoms with Gasteiger partial charge in [-0.05, 0) is 19.9 Å². The molecule has 6 nitrogen and oxygen atoms in total. The van der Waals surface area contributed by atoms with E-state index in [-0.39, 0.29) is 12.3 Å². The van der Waals surface area contributed by atoms with Gasteiger partial charge in [-0.15, -0.1) is 0 Å². The van der Waals surface area contributed by atoms with Crippen molar-refractivity contribution in [1.29, 1.82) is 0 Å². The Kier molecular flexibility index (Phi) is 3.35. The van der Waals surface area contributed by atoms with Gasteiger partial charge in [0, 0.05) is 5.39 Å². The van der Waals surface area contributed by atoms with Crippen LogP contribution < -0.4 is 5.32 Å². The van der Waals surface area contributed by atoms with Crippen LogP contribution in [0.5, 0.6) is 0 Å². The molecule has 1 aromatic heterocycles. The monoisotopic (exact) mass is 261 g/mol. The van der Waals surface area contributed by atoms with Gasteiger partial charge in [-0.3, -0.25) is 10.1 Å². The van der Waals surface area contributed by atoms with Crippen LogP contribution in [0.3, 0.4) is 0 Å². The van der Waals surface area contributed by atoms with Gasteiger partial charge in [0.2, 0.25) is 0 Å². The summed E-state index contributed by atoms with van der Waals surface area (Å²) in [4.78, 5) is 14.7. The number of aromatic nitrogens is 1. The fourth-order valence-electron chi connectivity index (χ4n) is 1.78. The number of fused-ring (bicyclic) bond motifs is 1. The maximum Gasteiger partial charge on any atom is 0.311 e. The van der Waals surface area contributed by atoms with E-state index in [1.165, 1.54) is 6.20 Å². The van der Waals surface area contributed by atoms with Gasteiger partial charge >= 0.3 is 5.69 Å². The summed E-state index contributed by atoms with van der Waals surface area (Å²) in [5, 5.41) is 24.1. The molecule has 0 unspecified atom stereocenters. The first kappa shape index (κ1) is 13.2. The molecule has 100 valence electrons. The summed E-state index contributed by atoms with van der Waals surface area (Å²) in [6.45, 7) is 3.40. The van der Waals surface area contributed by atoms with Crippen LogP contribution >= 0.6 is 0 Å². The van der Waals surface area contributed by atoms with Gasteiger partial charge in [0.25, 0.3) is 0 Å². The molecule has 0 saturated heterocycles. The molecule has 2 aromatic rings. The standard InChI is InChI=1S/C13H15N3O3/c1-13(2,8-17)15-12-9-5-3-4-6-10(9)14-7-11(12)16(18)19/h3-7,17H,8H2,1-2H3,(H,14,15). The summed E-state index contributed by atoms with van der Waals surface area (Å²) in [6, 6.07) is 7.17. The maximum atomic E-state index is 11.1. The van der Waals surface area contributed by atoms with Crippen LogP contribution in [-0.2, 0) is 0 Å². The lowest BCUT2D eigenvalue weighted by molar-refractivity contribution is -0.384. The van der Waals surface area contributed by atoms with E-state index in [0.29, 0.717) is 16.6 Å². The molecule has 0 fully saturated rings. The van der Waals surface area contributed by atoms with Gasteiger partial charge in [0.05, 0.1) is 22.6 Å². The van der Waals surface area contributed by atoms with Crippen molar-refractivity contribution in [3.63, 3.8) is 0 Å². The highest BCUT2D eigenvalue weighted by Crippen LogP contribution is 2.33. The largest absolute Gasteiger partial charge is 0.394 e. The van der Waals surface area contributed by atoms with E-state index in [9.17, 15) is 15.2 Å². The number of hydrogen-bond acceptors (Lipinski definition) is 5. The first-order valence-electron chi connectivity index (χ1n) is 5.86. The Morgan fingerprint density at radius 3 is 2.74 bits per heavy atom.